The molecule has 3 N–H and O–H groups in total. The van der Waals surface area contributed by atoms with Crippen LogP contribution in [0.1, 0.15) is 10.4 Å². The summed E-state index contributed by atoms with van der Waals surface area (Å²) in [7, 11) is 0. The number of benzene rings is 1. The second-order valence-electron chi connectivity index (χ2n) is 3.84. The fourth-order valence-corrected chi connectivity index (χ4v) is 1.81. The van der Waals surface area contributed by atoms with Gasteiger partial charge in [-0.15, -0.1) is 0 Å². The van der Waals surface area contributed by atoms with Gasteiger partial charge >= 0.3 is 5.97 Å². The highest BCUT2D eigenvalue weighted by Crippen LogP contribution is 2.24. The quantitative estimate of drug-likeness (QED) is 0.786. The van der Waals surface area contributed by atoms with Gasteiger partial charge in [-0.2, -0.15) is 0 Å². The fourth-order valence-electron chi connectivity index (χ4n) is 1.46. The predicted molar refractivity (Wildman–Crippen MR) is 66.1 cm³/mol. The molecule has 90 valence electrons. The Morgan fingerprint density at radius 2 is 2.12 bits per heavy atom. The summed E-state index contributed by atoms with van der Waals surface area (Å²) < 4.78 is 0.670. The van der Waals surface area contributed by atoms with Crippen molar-refractivity contribution < 1.29 is 14.7 Å². The van der Waals surface area contributed by atoms with Crippen molar-refractivity contribution in [2.75, 3.05) is 18.4 Å². The standard InChI is InChI=1S/C11H11BrN2O3/c12-8-2-1-6(11(16)17)3-9(8)14-10(15)7-4-13-5-7/h1-3,7,13H,4-5H2,(H,14,15)(H,16,17). The monoisotopic (exact) mass is 298 g/mol. The van der Waals surface area contributed by atoms with Gasteiger partial charge in [-0.3, -0.25) is 4.79 Å². The number of carbonyl (C=O) groups excluding carboxylic acids is 1. The van der Waals surface area contributed by atoms with Crippen LogP contribution in [0, 0.1) is 5.92 Å². The first-order valence-corrected chi connectivity index (χ1v) is 5.91. The molecule has 0 saturated carbocycles. The SMILES string of the molecule is O=C(O)c1ccc(Br)c(NC(=O)C2CNC2)c1. The Kier molecular flexibility index (Phi) is 3.44. The van der Waals surface area contributed by atoms with Crippen LogP contribution < -0.4 is 10.6 Å². The van der Waals surface area contributed by atoms with Crippen molar-refractivity contribution in [3.8, 4) is 0 Å². The summed E-state index contributed by atoms with van der Waals surface area (Å²) in [5.41, 5.74) is 0.636. The van der Waals surface area contributed by atoms with Crippen LogP contribution in [0.4, 0.5) is 5.69 Å². The second-order valence-corrected chi connectivity index (χ2v) is 4.70. The van der Waals surface area contributed by atoms with Crippen LogP contribution in [0.15, 0.2) is 22.7 Å². The maximum atomic E-state index is 11.7. The van der Waals surface area contributed by atoms with Gasteiger partial charge in [-0.05, 0) is 34.1 Å². The minimum Gasteiger partial charge on any atom is -0.478 e. The van der Waals surface area contributed by atoms with Crippen LogP contribution in [0.2, 0.25) is 0 Å². The predicted octanol–water partition coefficient (Wildman–Crippen LogP) is 1.31. The molecule has 5 nitrogen and oxygen atoms in total. The summed E-state index contributed by atoms with van der Waals surface area (Å²) in [5.74, 6) is -1.14. The Morgan fingerprint density at radius 3 is 2.65 bits per heavy atom. The molecule has 0 bridgehead atoms. The van der Waals surface area contributed by atoms with Crippen molar-refractivity contribution in [2.45, 2.75) is 0 Å². The average Bonchev–Trinajstić information content (AvgIpc) is 2.18. The first kappa shape index (κ1) is 12.1. The van der Waals surface area contributed by atoms with Gasteiger partial charge in [-0.1, -0.05) is 0 Å². The van der Waals surface area contributed by atoms with Gasteiger partial charge in [0.25, 0.3) is 0 Å². The molecule has 0 aromatic heterocycles. The molecule has 1 fully saturated rings. The molecule has 0 unspecified atom stereocenters. The van der Waals surface area contributed by atoms with E-state index in [2.05, 4.69) is 26.6 Å². The Hall–Kier alpha value is -1.40. The van der Waals surface area contributed by atoms with Crippen molar-refractivity contribution in [1.82, 2.24) is 5.32 Å². The van der Waals surface area contributed by atoms with Gasteiger partial charge in [0.05, 0.1) is 17.2 Å². The lowest BCUT2D eigenvalue weighted by atomic mass is 10.0. The normalized spacial score (nSPS) is 15.1. The third-order valence-electron chi connectivity index (χ3n) is 2.62. The molecule has 1 aliphatic heterocycles. The number of aromatic carboxylic acids is 1. The van der Waals surface area contributed by atoms with Crippen molar-refractivity contribution in [3.05, 3.63) is 28.2 Å². The number of carbonyl (C=O) groups is 2. The van der Waals surface area contributed by atoms with Gasteiger partial charge < -0.3 is 15.7 Å². The van der Waals surface area contributed by atoms with E-state index >= 15 is 0 Å². The highest BCUT2D eigenvalue weighted by molar-refractivity contribution is 9.10. The van der Waals surface area contributed by atoms with E-state index < -0.39 is 5.97 Å². The number of carboxylic acid groups (broad SMARTS) is 1. The molecule has 6 heteroatoms. The summed E-state index contributed by atoms with van der Waals surface area (Å²) >= 11 is 3.27. The van der Waals surface area contributed by atoms with E-state index in [0.717, 1.165) is 0 Å². The van der Waals surface area contributed by atoms with Crippen LogP contribution in [-0.2, 0) is 4.79 Å². The van der Waals surface area contributed by atoms with E-state index in [0.29, 0.717) is 23.2 Å². The molecule has 1 aromatic rings. The van der Waals surface area contributed by atoms with Crippen LogP contribution in [-0.4, -0.2) is 30.1 Å². The van der Waals surface area contributed by atoms with E-state index in [1.807, 2.05) is 0 Å². The van der Waals surface area contributed by atoms with Gasteiger partial charge in [0, 0.05) is 17.6 Å². The zero-order valence-corrected chi connectivity index (χ0v) is 10.5. The number of anilines is 1. The van der Waals surface area contributed by atoms with E-state index in [1.165, 1.54) is 12.1 Å². The summed E-state index contributed by atoms with van der Waals surface area (Å²) in [4.78, 5) is 22.5. The van der Waals surface area contributed by atoms with Gasteiger partial charge in [0.2, 0.25) is 5.91 Å². The minimum atomic E-state index is -1.02. The molecule has 1 aromatic carbocycles. The first-order chi connectivity index (χ1) is 8.08. The lowest BCUT2D eigenvalue weighted by molar-refractivity contribution is -0.121. The molecule has 1 saturated heterocycles. The number of hydrogen-bond acceptors (Lipinski definition) is 3. The number of amides is 1. The molecule has 0 radical (unpaired) electrons. The number of hydrogen-bond donors (Lipinski definition) is 3. The number of carboxylic acids is 1. The number of nitrogens with one attached hydrogen (secondary N) is 2. The van der Waals surface area contributed by atoms with Gasteiger partial charge in [0.15, 0.2) is 0 Å². The topological polar surface area (TPSA) is 78.4 Å². The summed E-state index contributed by atoms with van der Waals surface area (Å²) in [6, 6.07) is 4.53. The average molecular weight is 299 g/mol. The number of rotatable bonds is 3. The highest BCUT2D eigenvalue weighted by Gasteiger charge is 2.25. The highest BCUT2D eigenvalue weighted by atomic mass is 79.9. The number of halogens is 1. The molecule has 1 heterocycles. The van der Waals surface area contributed by atoms with Crippen molar-refractivity contribution in [3.63, 3.8) is 0 Å². The van der Waals surface area contributed by atoms with Gasteiger partial charge in [0.1, 0.15) is 0 Å². The first-order valence-electron chi connectivity index (χ1n) is 5.12. The maximum absolute atomic E-state index is 11.7. The zero-order chi connectivity index (χ0) is 12.4. The van der Waals surface area contributed by atoms with Crippen LogP contribution in [0.5, 0.6) is 0 Å². The molecular formula is C11H11BrN2O3. The third kappa shape index (κ3) is 2.65. The second kappa shape index (κ2) is 4.85. The molecule has 1 amide bonds. The van der Waals surface area contributed by atoms with E-state index in [4.69, 9.17) is 5.11 Å². The van der Waals surface area contributed by atoms with Gasteiger partial charge in [-0.25, -0.2) is 4.79 Å². The van der Waals surface area contributed by atoms with Crippen LogP contribution in [0.25, 0.3) is 0 Å². The van der Waals surface area contributed by atoms with Crippen LogP contribution in [0.3, 0.4) is 0 Å². The molecule has 1 aliphatic rings. The molecule has 0 atom stereocenters. The Bertz CT molecular complexity index is 472. The largest absolute Gasteiger partial charge is 0.478 e. The molecular weight excluding hydrogens is 288 g/mol. The van der Waals surface area contributed by atoms with Crippen molar-refractivity contribution >= 4 is 33.5 Å². The molecule has 0 aliphatic carbocycles. The lowest BCUT2D eigenvalue weighted by Gasteiger charge is -2.26. The van der Waals surface area contributed by atoms with E-state index in [-0.39, 0.29) is 17.4 Å². The Labute approximate surface area is 106 Å². The van der Waals surface area contributed by atoms with E-state index in [1.54, 1.807) is 6.07 Å². The Morgan fingerprint density at radius 1 is 1.41 bits per heavy atom. The third-order valence-corrected chi connectivity index (χ3v) is 3.31. The van der Waals surface area contributed by atoms with Crippen molar-refractivity contribution in [1.29, 1.82) is 0 Å². The lowest BCUT2D eigenvalue weighted by Crippen LogP contribution is -2.48. The summed E-state index contributed by atoms with van der Waals surface area (Å²) in [6.45, 7) is 1.34. The maximum Gasteiger partial charge on any atom is 0.335 e. The molecule has 0 spiro atoms. The van der Waals surface area contributed by atoms with E-state index in [9.17, 15) is 9.59 Å². The van der Waals surface area contributed by atoms with Crippen LogP contribution >= 0.6 is 15.9 Å². The minimum absolute atomic E-state index is 0.0321. The molecule has 2 rings (SSSR count). The summed E-state index contributed by atoms with van der Waals surface area (Å²) in [6.07, 6.45) is 0. The Balaban J connectivity index is 2.16. The zero-order valence-electron chi connectivity index (χ0n) is 8.87. The smallest absolute Gasteiger partial charge is 0.335 e. The molecule has 17 heavy (non-hydrogen) atoms. The summed E-state index contributed by atoms with van der Waals surface area (Å²) in [5, 5.41) is 14.6. The van der Waals surface area contributed by atoms with Crippen molar-refractivity contribution in [2.24, 2.45) is 5.92 Å². The fraction of sp³-hybridized carbons (Fsp3) is 0.273.